The van der Waals surface area contributed by atoms with Crippen LogP contribution in [-0.4, -0.2) is 0 Å². The Bertz CT molecular complexity index is 116. The quantitative estimate of drug-likeness (QED) is 0.285. The van der Waals surface area contributed by atoms with E-state index in [1.54, 1.807) is 0 Å². The largest absolute Gasteiger partial charge is 0.561 e. The fourth-order valence-corrected chi connectivity index (χ4v) is 0.250. The Hall–Kier alpha value is -0.857. The van der Waals surface area contributed by atoms with Crippen molar-refractivity contribution in [2.24, 2.45) is 5.41 Å². The summed E-state index contributed by atoms with van der Waals surface area (Å²) in [4.78, 5) is 0. The zero-order valence-electron chi connectivity index (χ0n) is 7.04. The molecule has 0 aliphatic rings. The zero-order chi connectivity index (χ0) is 6.62. The molecule has 10 heavy (non-hydrogen) atoms. The van der Waals surface area contributed by atoms with Crippen molar-refractivity contribution in [3.63, 3.8) is 0 Å². The molecule has 0 atom stereocenters. The summed E-state index contributed by atoms with van der Waals surface area (Å²) in [5.41, 5.74) is 2.92. The van der Waals surface area contributed by atoms with E-state index in [1.165, 1.54) is 0 Å². The van der Waals surface area contributed by atoms with Crippen molar-refractivity contribution in [3.05, 3.63) is 17.9 Å². The van der Waals surface area contributed by atoms with Crippen LogP contribution in [0.5, 0.6) is 0 Å². The van der Waals surface area contributed by atoms with Crippen LogP contribution in [0, 0.1) is 17.6 Å². The topological polar surface area (TPSA) is 0 Å². The Kier molecular flexibility index (Phi) is 10.1. The van der Waals surface area contributed by atoms with Crippen molar-refractivity contribution < 1.29 is 19.5 Å². The minimum absolute atomic E-state index is 0. The van der Waals surface area contributed by atoms with E-state index < -0.39 is 0 Å². The molecule has 0 bridgehead atoms. The van der Waals surface area contributed by atoms with E-state index in [1.807, 2.05) is 6.92 Å². The molecular formula is C8H12RfRh-2. The van der Waals surface area contributed by atoms with Crippen LogP contribution in [0.1, 0.15) is 27.7 Å². The molecule has 0 N–H and O–H groups in total. The third-order valence-corrected chi connectivity index (χ3v) is 0.562. The first kappa shape index (κ1) is 16.1. The predicted octanol–water partition coefficient (Wildman–Crippen LogP) is 2.37. The van der Waals surface area contributed by atoms with Crippen LogP contribution in [0.2, 0.25) is 0 Å². The molecule has 2 heteroatoms. The number of hydrogen-bond acceptors (Lipinski definition) is 0. The standard InChI is InChI=1S/C8H12.Rf.Rh/c1-5-6-7-8(2,3)4;;/h1-4H3;;/q-2;;. The van der Waals surface area contributed by atoms with Crippen LogP contribution < -0.4 is 0 Å². The molecule has 0 amide bonds. The summed E-state index contributed by atoms with van der Waals surface area (Å²) in [6.45, 7) is 8.06. The molecule has 0 rings (SSSR count). The fraction of sp³-hybridized carbons (Fsp3) is 0.625. The molecule has 0 aromatic rings. The first-order valence-electron chi connectivity index (χ1n) is 2.75. The van der Waals surface area contributed by atoms with E-state index in [4.69, 9.17) is 0 Å². The van der Waals surface area contributed by atoms with Crippen molar-refractivity contribution in [2.45, 2.75) is 27.7 Å². The van der Waals surface area contributed by atoms with E-state index in [0.717, 1.165) is 0 Å². The van der Waals surface area contributed by atoms with Gasteiger partial charge in [0.2, 0.25) is 0 Å². The zero-order valence-corrected chi connectivity index (χ0v) is 15.1. The van der Waals surface area contributed by atoms with Crippen molar-refractivity contribution in [3.8, 4) is 0 Å². The second-order valence-electron chi connectivity index (χ2n) is 2.75. The number of allylic oxidation sites excluding steroid dienone is 1. The molecule has 0 saturated heterocycles. The van der Waals surface area contributed by atoms with Gasteiger partial charge in [0.25, 0.3) is 0 Å². The van der Waals surface area contributed by atoms with Gasteiger partial charge in [0.1, 0.15) is 0 Å². The maximum absolute atomic E-state index is 3.01. The van der Waals surface area contributed by atoms with Gasteiger partial charge in [-0.25, -0.2) is 0 Å². The van der Waals surface area contributed by atoms with Gasteiger partial charge in [-0.05, 0) is 0 Å². The van der Waals surface area contributed by atoms with E-state index in [-0.39, 0.29) is 24.9 Å². The summed E-state index contributed by atoms with van der Waals surface area (Å²) in [5.74, 6) is 0. The first-order valence-corrected chi connectivity index (χ1v) is 2.75. The maximum Gasteiger partial charge on any atom is 0 e. The van der Waals surface area contributed by atoms with Crippen LogP contribution in [0.15, 0.2) is 5.73 Å². The molecule has 0 fully saturated rings. The first-order chi connectivity index (χ1) is 3.56. The molecule has 0 heterocycles. The molecule has 0 unspecified atom stereocenters. The average Bonchev–Trinajstić information content (AvgIpc) is 1.59. The molecule has 57 valence electrons. The van der Waals surface area contributed by atoms with Crippen LogP contribution in [0.3, 0.4) is 0 Å². The Morgan fingerprint density at radius 3 is 1.70 bits per heavy atom. The van der Waals surface area contributed by atoms with Gasteiger partial charge < -0.3 is 17.9 Å². The molecule has 0 saturated carbocycles. The van der Waals surface area contributed by atoms with Crippen molar-refractivity contribution in [1.82, 2.24) is 0 Å². The molecule has 0 aromatic carbocycles. The van der Waals surface area contributed by atoms with E-state index >= 15 is 0 Å². The Morgan fingerprint density at radius 2 is 1.60 bits per heavy atom. The van der Waals surface area contributed by atoms with Crippen molar-refractivity contribution >= 4 is 0 Å². The van der Waals surface area contributed by atoms with Crippen molar-refractivity contribution in [1.29, 1.82) is 0 Å². The Balaban J connectivity index is -0.000000245. The molecule has 0 aliphatic heterocycles. The second kappa shape index (κ2) is 6.27. The van der Waals surface area contributed by atoms with Gasteiger partial charge in [-0.15, -0.1) is 0 Å². The van der Waals surface area contributed by atoms with Gasteiger partial charge in [0.05, 0.1) is 0 Å². The predicted molar refractivity (Wildman–Crippen MR) is 35.1 cm³/mol. The molecule has 0 aromatic heterocycles. The summed E-state index contributed by atoms with van der Waals surface area (Å²) in [6.07, 6.45) is 5.77. The number of rotatable bonds is 0. The summed E-state index contributed by atoms with van der Waals surface area (Å²) in [5, 5.41) is 0. The van der Waals surface area contributed by atoms with Gasteiger partial charge in [0, 0.05) is 19.5 Å². The smallest absolute Gasteiger partial charge is 0 e. The minimum atomic E-state index is 0. The van der Waals surface area contributed by atoms with Crippen LogP contribution in [0.25, 0.3) is 0 Å². The normalized spacial score (nSPS) is 8.00. The van der Waals surface area contributed by atoms with E-state index in [2.05, 4.69) is 38.7 Å². The van der Waals surface area contributed by atoms with E-state index in [0.29, 0.717) is 0 Å². The molecule has 0 spiro atoms. The van der Waals surface area contributed by atoms with Crippen LogP contribution in [0.4, 0.5) is 0 Å². The monoisotopic (exact) mass is 478 g/mol. The number of hydrogen-bond donors (Lipinski definition) is 0. The van der Waals surface area contributed by atoms with Gasteiger partial charge >= 0.3 is 0 Å². The van der Waals surface area contributed by atoms with Gasteiger partial charge in [-0.1, -0.05) is 20.8 Å². The third kappa shape index (κ3) is 15.7. The second-order valence-corrected chi connectivity index (χ2v) is 2.75. The molecular weight excluding hydrogens is 466 g/mol. The Morgan fingerprint density at radius 1 is 1.20 bits per heavy atom. The molecule has 1 radical (unpaired) electrons. The van der Waals surface area contributed by atoms with Gasteiger partial charge in [0.15, 0.2) is 0 Å². The SMILES string of the molecule is C[C-]=C=[C-]C(C)(C)C.[Rf].[Rh]. The summed E-state index contributed by atoms with van der Waals surface area (Å²) >= 11 is 0. The summed E-state index contributed by atoms with van der Waals surface area (Å²) < 4.78 is 0. The van der Waals surface area contributed by atoms with E-state index in [9.17, 15) is 0 Å². The minimum Gasteiger partial charge on any atom is -0.561 e. The average molecular weight is 478 g/mol. The fourth-order valence-electron chi connectivity index (χ4n) is 0.250. The molecule has 0 aliphatic carbocycles. The van der Waals surface area contributed by atoms with Crippen molar-refractivity contribution in [2.75, 3.05) is 0 Å². The summed E-state index contributed by atoms with van der Waals surface area (Å²) in [6, 6.07) is 0. The maximum atomic E-state index is 3.01. The van der Waals surface area contributed by atoms with Gasteiger partial charge in [-0.2, -0.15) is 12.3 Å². The Labute approximate surface area is 70.8 Å². The summed E-state index contributed by atoms with van der Waals surface area (Å²) in [7, 11) is 0. The third-order valence-electron chi connectivity index (χ3n) is 0.562. The van der Waals surface area contributed by atoms with Crippen LogP contribution in [-0.2, 0) is 19.5 Å². The van der Waals surface area contributed by atoms with Crippen LogP contribution >= 0.6 is 0 Å². The van der Waals surface area contributed by atoms with Gasteiger partial charge in [-0.3, -0.25) is 0 Å². The molecule has 0 nitrogen and oxygen atoms in total.